The monoisotopic (exact) mass is 1610 g/mol. The number of morpholine rings is 1. The van der Waals surface area contributed by atoms with Gasteiger partial charge in [-0.2, -0.15) is 13.2 Å². The van der Waals surface area contributed by atoms with Crippen molar-refractivity contribution < 1.29 is 58.7 Å². The Morgan fingerprint density at radius 2 is 1.42 bits per heavy atom. The first-order valence-corrected chi connectivity index (χ1v) is 43.4. The van der Waals surface area contributed by atoms with E-state index in [2.05, 4.69) is 47.5 Å². The molecule has 2 unspecified atom stereocenters. The number of hydrogen-bond acceptors (Lipinski definition) is 18. The van der Waals surface area contributed by atoms with Gasteiger partial charge in [0, 0.05) is 124 Å². The van der Waals surface area contributed by atoms with Gasteiger partial charge in [0.15, 0.2) is 0 Å². The van der Waals surface area contributed by atoms with Crippen molar-refractivity contribution in [2.75, 3.05) is 121 Å². The van der Waals surface area contributed by atoms with Gasteiger partial charge in [0.2, 0.25) is 23.6 Å². The second-order valence-electron chi connectivity index (χ2n) is 30.9. The Labute approximate surface area is 658 Å². The number of anilines is 2. The largest absolute Gasteiger partial charge is 0.501 e. The molecule has 0 radical (unpaired) electrons. The molecule has 1 aromatic heterocycles. The number of halogens is 4. The van der Waals surface area contributed by atoms with Crippen LogP contribution in [0.1, 0.15) is 138 Å². The number of allylic oxidation sites excluding steroid dienone is 1. The Balaban J connectivity index is 0.628. The summed E-state index contributed by atoms with van der Waals surface area (Å²) in [5, 5.41) is 9.85. The number of alkyl halides is 3. The van der Waals surface area contributed by atoms with Crippen molar-refractivity contribution >= 4 is 101 Å². The molecule has 110 heavy (non-hydrogen) atoms. The topological polar surface area (TPSA) is 243 Å². The van der Waals surface area contributed by atoms with E-state index in [1.165, 1.54) is 35.0 Å². The molecule has 0 bridgehead atoms. The molecule has 0 saturated carbocycles. The van der Waals surface area contributed by atoms with E-state index in [0.29, 0.717) is 147 Å². The SMILES string of the molecule is Cc1ncsc1-c1ccc([C@H](C)NC(=O)[C@@H]2CCCN2C(=O)C(NC(=O)CCCCCCN2CCN(C(=O)C3(C)CCC(c4ccc(Cl)cc4)=C(CN4CCN(c5ccc(C(=O)NS(=O)(=O)c6ccc(N[C@H](CCN7CCOCC7)CSc7ccccc7)c(S(=O)(=O)C(F)(F)F)c6)cc5)CC4)C3)CC2)C(C)(C)C)cc1. The summed E-state index contributed by atoms with van der Waals surface area (Å²) in [5.74, 6) is -1.18. The Morgan fingerprint density at radius 1 is 0.755 bits per heavy atom. The smallest absolute Gasteiger partial charge is 0.380 e. The summed E-state index contributed by atoms with van der Waals surface area (Å²) < 4.78 is 105. The molecule has 5 aliphatic rings. The number of thioether (sulfide) groups is 1. The van der Waals surface area contributed by atoms with Crippen LogP contribution in [0.2, 0.25) is 5.02 Å². The number of amides is 5. The molecule has 5 aromatic carbocycles. The lowest BCUT2D eigenvalue weighted by Gasteiger charge is -2.43. The highest BCUT2D eigenvalue weighted by atomic mass is 35.5. The highest BCUT2D eigenvalue weighted by molar-refractivity contribution is 7.99. The quantitative estimate of drug-likeness (QED) is 0.0242. The normalized spacial score (nSPS) is 19.6. The van der Waals surface area contributed by atoms with Crippen LogP contribution in [0.15, 0.2) is 147 Å². The van der Waals surface area contributed by atoms with Gasteiger partial charge >= 0.3 is 5.51 Å². The number of sulfonamides is 1. The van der Waals surface area contributed by atoms with Gasteiger partial charge in [-0.05, 0) is 166 Å². The summed E-state index contributed by atoms with van der Waals surface area (Å²) in [6.45, 7) is 22.1. The molecule has 0 spiro atoms. The molecule has 5 amide bonds. The lowest BCUT2D eigenvalue weighted by atomic mass is 9.70. The number of aromatic nitrogens is 1. The van der Waals surface area contributed by atoms with Crippen LogP contribution in [0.4, 0.5) is 24.5 Å². The van der Waals surface area contributed by atoms with Crippen LogP contribution < -0.4 is 25.6 Å². The van der Waals surface area contributed by atoms with Crippen molar-refractivity contribution in [1.29, 1.82) is 0 Å². The lowest BCUT2D eigenvalue weighted by Crippen LogP contribution is -2.57. The zero-order valence-electron chi connectivity index (χ0n) is 63.6. The first-order valence-electron chi connectivity index (χ1n) is 38.2. The summed E-state index contributed by atoms with van der Waals surface area (Å²) in [5.41, 5.74) is 1.65. The van der Waals surface area contributed by atoms with Crippen LogP contribution >= 0.6 is 34.7 Å². The molecular weight excluding hydrogens is 1510 g/mol. The second-order valence-corrected chi connectivity index (χ2v) is 36.8. The summed E-state index contributed by atoms with van der Waals surface area (Å²) in [7, 11) is -11.0. The van der Waals surface area contributed by atoms with Crippen molar-refractivity contribution in [2.45, 2.75) is 157 Å². The van der Waals surface area contributed by atoms with Gasteiger partial charge in [-0.3, -0.25) is 38.7 Å². The van der Waals surface area contributed by atoms with E-state index < -0.39 is 75.7 Å². The van der Waals surface area contributed by atoms with E-state index in [4.69, 9.17) is 16.3 Å². The molecule has 4 aliphatic heterocycles. The zero-order chi connectivity index (χ0) is 78.5. The van der Waals surface area contributed by atoms with Crippen LogP contribution in [-0.4, -0.2) is 210 Å². The highest BCUT2D eigenvalue weighted by Gasteiger charge is 2.49. The van der Waals surface area contributed by atoms with Crippen LogP contribution in [0.3, 0.4) is 0 Å². The van der Waals surface area contributed by atoms with E-state index in [9.17, 15) is 54.0 Å². The van der Waals surface area contributed by atoms with Gasteiger partial charge in [-0.1, -0.05) is 112 Å². The van der Waals surface area contributed by atoms with Crippen LogP contribution in [0.25, 0.3) is 16.0 Å². The second kappa shape index (κ2) is 37.0. The Kier molecular flexibility index (Phi) is 28.1. The maximum Gasteiger partial charge on any atom is 0.501 e. The lowest BCUT2D eigenvalue weighted by molar-refractivity contribution is -0.144. The number of carbonyl (C=O) groups excluding carboxylic acids is 5. The number of rotatable bonds is 30. The van der Waals surface area contributed by atoms with E-state index >= 15 is 0 Å². The van der Waals surface area contributed by atoms with Crippen LogP contribution in [0, 0.1) is 17.8 Å². The number of nitrogens with one attached hydrogen (secondary N) is 4. The number of benzene rings is 5. The van der Waals surface area contributed by atoms with Crippen molar-refractivity contribution in [1.82, 2.24) is 44.8 Å². The molecule has 21 nitrogen and oxygen atoms in total. The summed E-state index contributed by atoms with van der Waals surface area (Å²) in [6, 6.07) is 31.8. The van der Waals surface area contributed by atoms with Gasteiger partial charge in [0.25, 0.3) is 25.8 Å². The summed E-state index contributed by atoms with van der Waals surface area (Å²) in [4.78, 5) is 87.1. The van der Waals surface area contributed by atoms with Crippen LogP contribution in [0.5, 0.6) is 0 Å². The maximum absolute atomic E-state index is 14.8. The number of likely N-dealkylation sites (tertiary alicyclic amines) is 1. The number of nitrogens with zero attached hydrogens (tertiary/aromatic N) is 7. The average molecular weight is 1610 g/mol. The molecule has 11 rings (SSSR count). The van der Waals surface area contributed by atoms with Gasteiger partial charge in [0.05, 0.1) is 51.3 Å². The molecule has 29 heteroatoms. The highest BCUT2D eigenvalue weighted by Crippen LogP contribution is 2.45. The molecule has 6 aromatic rings. The number of hydrogen-bond donors (Lipinski definition) is 4. The Bertz CT molecular complexity index is 4440. The standard InChI is InChI=1S/C81H103ClF3N11O10S4/c1-56(58-19-21-60(22-20-58)73-57(2)86-55-108-73)87-76(99)70-17-14-37-96(70)77(100)74(79(3,4)5)89-72(97)18-12-7-8-13-36-91-39-45-95(46-40-91)78(101)80(6)35-33-68(59-23-27-63(82)28-24-59)62(52-80)53-93-41-43-94(44-42-93)65-29-25-61(26-30-65)75(98)90-110(104,105)67-31-32-69(71(51-67)109(102,103)81(83,84)85)88-64(34-38-92-47-49-106-50-48-92)54-107-66-15-10-9-11-16-66/h9-11,15-16,19-32,51,55-56,64,70,74,88H,7-8,12-14,17-18,33-50,52-54H2,1-6H3,(H,87,99)(H,89,97)(H,90,98)/t56-,64+,70-,74?,80?/m0/s1. The molecule has 4 N–H and O–H groups in total. The molecular formula is C81H103ClF3N11O10S4. The van der Waals surface area contributed by atoms with E-state index in [0.717, 1.165) is 95.3 Å². The summed E-state index contributed by atoms with van der Waals surface area (Å²) in [6.07, 6.45) is 7.39. The number of carbonyl (C=O) groups is 5. The minimum absolute atomic E-state index is 0.0500. The molecule has 5 atom stereocenters. The third-order valence-electron chi connectivity index (χ3n) is 21.8. The molecule has 594 valence electrons. The van der Waals surface area contributed by atoms with E-state index in [1.54, 1.807) is 28.4 Å². The average Bonchev–Trinajstić information content (AvgIpc) is 1.00. The fraction of sp³-hybridized carbons (Fsp3) is 0.506. The number of unbranched alkanes of at least 4 members (excludes halogenated alkanes) is 3. The summed E-state index contributed by atoms with van der Waals surface area (Å²) >= 11 is 9.41. The van der Waals surface area contributed by atoms with Gasteiger partial charge in [0.1, 0.15) is 17.0 Å². The van der Waals surface area contributed by atoms with Crippen LogP contribution in [-0.2, 0) is 43.8 Å². The van der Waals surface area contributed by atoms with E-state index in [1.807, 2.05) is 129 Å². The van der Waals surface area contributed by atoms with E-state index in [-0.39, 0.29) is 35.2 Å². The number of thiazole rings is 1. The van der Waals surface area contributed by atoms with Crippen molar-refractivity contribution in [3.8, 4) is 10.4 Å². The molecule has 4 saturated heterocycles. The van der Waals surface area contributed by atoms with Crippen molar-refractivity contribution in [3.63, 3.8) is 0 Å². The maximum atomic E-state index is 14.8. The van der Waals surface area contributed by atoms with Gasteiger partial charge in [-0.25, -0.2) is 26.5 Å². The van der Waals surface area contributed by atoms with Gasteiger partial charge in [-0.15, -0.1) is 23.1 Å². The molecule has 4 fully saturated rings. The van der Waals surface area contributed by atoms with Gasteiger partial charge < -0.3 is 35.4 Å². The number of aryl methyl sites for hydroxylation is 1. The predicted octanol–water partition coefficient (Wildman–Crippen LogP) is 12.7. The Morgan fingerprint density at radius 3 is 2.08 bits per heavy atom. The fourth-order valence-electron chi connectivity index (χ4n) is 15.3. The third kappa shape index (κ3) is 21.5. The number of piperazine rings is 2. The molecule has 5 heterocycles. The third-order valence-corrected chi connectivity index (χ3v) is 27.1. The minimum Gasteiger partial charge on any atom is -0.380 e. The first-order chi connectivity index (χ1) is 52.4. The zero-order valence-corrected chi connectivity index (χ0v) is 67.6. The predicted molar refractivity (Wildman–Crippen MR) is 427 cm³/mol. The van der Waals surface area contributed by atoms with Crippen molar-refractivity contribution in [2.24, 2.45) is 10.8 Å². The minimum atomic E-state index is -6.11. The first kappa shape index (κ1) is 83.5. The van der Waals surface area contributed by atoms with Crippen molar-refractivity contribution in [3.05, 3.63) is 160 Å². The Hall–Kier alpha value is -7.41. The number of sulfone groups is 1. The molecule has 1 aliphatic carbocycles. The fourth-order valence-corrected chi connectivity index (χ4v) is 19.2. The number of ether oxygens (including phenoxy) is 1.